The van der Waals surface area contributed by atoms with E-state index in [1.165, 1.54) is 0 Å². The summed E-state index contributed by atoms with van der Waals surface area (Å²) in [7, 11) is 0. The fourth-order valence-corrected chi connectivity index (χ4v) is 4.89. The van der Waals surface area contributed by atoms with Gasteiger partial charge in [0.05, 0.1) is 16.7 Å². The molecule has 1 rings (SSSR count). The average molecular weight is 463 g/mol. The molecule has 0 atom stereocenters. The van der Waals surface area contributed by atoms with Crippen LogP contribution in [0.25, 0.3) is 0 Å². The van der Waals surface area contributed by atoms with E-state index in [1.54, 1.807) is 0 Å². The van der Waals surface area contributed by atoms with Gasteiger partial charge in [-0.2, -0.15) is 0 Å². The second kappa shape index (κ2) is 13.4. The van der Waals surface area contributed by atoms with E-state index < -0.39 is 17.9 Å². The van der Waals surface area contributed by atoms with Gasteiger partial charge in [-0.1, -0.05) is 80.1 Å². The molecule has 6 heteroatoms. The van der Waals surface area contributed by atoms with E-state index in [1.807, 2.05) is 41.5 Å². The van der Waals surface area contributed by atoms with Crippen LogP contribution in [0.4, 0.5) is 0 Å². The Balaban J connectivity index is 4.22. The monoisotopic (exact) mass is 462 g/mol. The summed E-state index contributed by atoms with van der Waals surface area (Å²) in [5.74, 6) is -3.40. The Morgan fingerprint density at radius 3 is 1.00 bits per heavy atom. The van der Waals surface area contributed by atoms with Crippen LogP contribution in [-0.4, -0.2) is 33.2 Å². The molecule has 0 aliphatic rings. The summed E-state index contributed by atoms with van der Waals surface area (Å²) in [5.41, 5.74) is 0.604. The van der Waals surface area contributed by atoms with Crippen LogP contribution < -0.4 is 0 Å². The molecular formula is C27H42O6. The normalized spacial score (nSPS) is 11.5. The van der Waals surface area contributed by atoms with Gasteiger partial charge in [0.25, 0.3) is 0 Å². The van der Waals surface area contributed by atoms with Crippen molar-refractivity contribution < 1.29 is 29.7 Å². The van der Waals surface area contributed by atoms with E-state index in [4.69, 9.17) is 0 Å². The quantitative estimate of drug-likeness (QED) is 0.267. The van der Waals surface area contributed by atoms with Gasteiger partial charge in [0.2, 0.25) is 0 Å². The first kappa shape index (κ1) is 28.7. The second-order valence-electron chi connectivity index (χ2n) is 9.14. The SMILES string of the molecule is CCC(CC)Cc1c(CC(CC)CC)c(C(=O)O)c(C(=O)O)c(CC(CC)CC)c1C(=O)O. The van der Waals surface area contributed by atoms with Crippen LogP contribution in [0.5, 0.6) is 0 Å². The predicted octanol–water partition coefficient (Wildman–Crippen LogP) is 6.72. The first-order valence-corrected chi connectivity index (χ1v) is 12.5. The van der Waals surface area contributed by atoms with E-state index in [-0.39, 0.29) is 46.4 Å². The van der Waals surface area contributed by atoms with Gasteiger partial charge in [0, 0.05) is 0 Å². The molecule has 0 heterocycles. The maximum atomic E-state index is 12.7. The summed E-state index contributed by atoms with van der Waals surface area (Å²) in [5, 5.41) is 30.7. The van der Waals surface area contributed by atoms with Crippen LogP contribution in [0.2, 0.25) is 0 Å². The number of hydrogen-bond acceptors (Lipinski definition) is 3. The topological polar surface area (TPSA) is 112 Å². The summed E-state index contributed by atoms with van der Waals surface area (Å²) >= 11 is 0. The molecule has 1 aromatic rings. The Hall–Kier alpha value is -2.37. The fraction of sp³-hybridized carbons (Fsp3) is 0.667. The highest BCUT2D eigenvalue weighted by Gasteiger charge is 2.34. The van der Waals surface area contributed by atoms with Crippen molar-refractivity contribution in [3.05, 3.63) is 33.4 Å². The van der Waals surface area contributed by atoms with Crippen molar-refractivity contribution >= 4 is 17.9 Å². The van der Waals surface area contributed by atoms with Gasteiger partial charge in [-0.3, -0.25) is 0 Å². The number of carboxylic acid groups (broad SMARTS) is 3. The number of benzene rings is 1. The minimum absolute atomic E-state index is 0.0251. The lowest BCUT2D eigenvalue weighted by Gasteiger charge is -2.27. The number of carboxylic acids is 3. The van der Waals surface area contributed by atoms with Gasteiger partial charge in [0.1, 0.15) is 0 Å². The first-order valence-electron chi connectivity index (χ1n) is 12.5. The largest absolute Gasteiger partial charge is 0.478 e. The molecule has 0 aliphatic carbocycles. The summed E-state index contributed by atoms with van der Waals surface area (Å²) < 4.78 is 0. The van der Waals surface area contributed by atoms with E-state index in [0.29, 0.717) is 24.0 Å². The van der Waals surface area contributed by atoms with Gasteiger partial charge < -0.3 is 15.3 Å². The van der Waals surface area contributed by atoms with Crippen LogP contribution in [-0.2, 0) is 19.3 Å². The Morgan fingerprint density at radius 1 is 0.485 bits per heavy atom. The fourth-order valence-electron chi connectivity index (χ4n) is 4.89. The zero-order valence-electron chi connectivity index (χ0n) is 21.2. The summed E-state index contributed by atoms with van der Waals surface area (Å²) in [4.78, 5) is 37.6. The highest BCUT2D eigenvalue weighted by Crippen LogP contribution is 2.36. The van der Waals surface area contributed by atoms with Crippen molar-refractivity contribution in [3.8, 4) is 0 Å². The third-order valence-corrected chi connectivity index (χ3v) is 7.41. The van der Waals surface area contributed by atoms with Crippen LogP contribution in [0.3, 0.4) is 0 Å². The highest BCUT2D eigenvalue weighted by atomic mass is 16.4. The molecule has 0 saturated carbocycles. The summed E-state index contributed by atoms with van der Waals surface area (Å²) in [6, 6.07) is 0. The highest BCUT2D eigenvalue weighted by molar-refractivity contribution is 6.07. The van der Waals surface area contributed by atoms with Crippen LogP contribution in [0.15, 0.2) is 0 Å². The second-order valence-corrected chi connectivity index (χ2v) is 9.14. The Bertz CT molecular complexity index is 830. The van der Waals surface area contributed by atoms with E-state index in [2.05, 4.69) is 0 Å². The predicted molar refractivity (Wildman–Crippen MR) is 131 cm³/mol. The number of hydrogen-bond donors (Lipinski definition) is 3. The minimum Gasteiger partial charge on any atom is -0.478 e. The maximum absolute atomic E-state index is 12.7. The standard InChI is InChI=1S/C27H42O6/c1-7-16(8-2)13-19-20(14-17(9-3)10-4)23(26(30)31)24(27(32)33)21(22(19)25(28)29)15-18(11-5)12-6/h16-18H,7-15H2,1-6H3,(H,28,29)(H,30,31)(H,32,33). The lowest BCUT2D eigenvalue weighted by molar-refractivity contribution is 0.0645. The number of aromatic carboxylic acids is 3. The molecule has 0 spiro atoms. The number of carbonyl (C=O) groups is 3. The van der Waals surface area contributed by atoms with E-state index >= 15 is 0 Å². The molecule has 0 radical (unpaired) electrons. The smallest absolute Gasteiger partial charge is 0.336 e. The van der Waals surface area contributed by atoms with E-state index in [0.717, 1.165) is 38.5 Å². The molecule has 0 aromatic heterocycles. The molecule has 3 N–H and O–H groups in total. The van der Waals surface area contributed by atoms with Gasteiger partial charge in [-0.25, -0.2) is 14.4 Å². The van der Waals surface area contributed by atoms with Gasteiger partial charge in [-0.05, 0) is 53.7 Å². The zero-order chi connectivity index (χ0) is 25.3. The van der Waals surface area contributed by atoms with Crippen molar-refractivity contribution in [3.63, 3.8) is 0 Å². The average Bonchev–Trinajstić information content (AvgIpc) is 2.78. The Morgan fingerprint density at radius 2 is 0.727 bits per heavy atom. The molecular weight excluding hydrogens is 420 g/mol. The summed E-state index contributed by atoms with van der Waals surface area (Å²) in [6.07, 6.45) is 5.87. The first-order chi connectivity index (χ1) is 15.6. The van der Waals surface area contributed by atoms with Crippen molar-refractivity contribution in [1.29, 1.82) is 0 Å². The maximum Gasteiger partial charge on any atom is 0.336 e. The molecule has 0 fully saturated rings. The van der Waals surface area contributed by atoms with Gasteiger partial charge in [0.15, 0.2) is 0 Å². The van der Waals surface area contributed by atoms with E-state index in [9.17, 15) is 29.7 Å². The summed E-state index contributed by atoms with van der Waals surface area (Å²) in [6.45, 7) is 12.1. The lowest BCUT2D eigenvalue weighted by Crippen LogP contribution is -2.25. The molecule has 186 valence electrons. The zero-order valence-corrected chi connectivity index (χ0v) is 21.2. The number of rotatable bonds is 15. The van der Waals surface area contributed by atoms with Crippen molar-refractivity contribution in [2.75, 3.05) is 0 Å². The molecule has 0 bridgehead atoms. The molecule has 0 saturated heterocycles. The van der Waals surface area contributed by atoms with Gasteiger partial charge in [-0.15, -0.1) is 0 Å². The molecule has 0 unspecified atom stereocenters. The van der Waals surface area contributed by atoms with Crippen LogP contribution >= 0.6 is 0 Å². The molecule has 1 aromatic carbocycles. The van der Waals surface area contributed by atoms with Crippen molar-refractivity contribution in [2.45, 2.75) is 99.3 Å². The third-order valence-electron chi connectivity index (χ3n) is 7.41. The third kappa shape index (κ3) is 6.81. The van der Waals surface area contributed by atoms with Crippen molar-refractivity contribution in [1.82, 2.24) is 0 Å². The van der Waals surface area contributed by atoms with Crippen molar-refractivity contribution in [2.24, 2.45) is 17.8 Å². The Labute approximate surface area is 198 Å². The molecule has 6 nitrogen and oxygen atoms in total. The molecule has 0 aliphatic heterocycles. The molecule has 33 heavy (non-hydrogen) atoms. The minimum atomic E-state index is -1.37. The van der Waals surface area contributed by atoms with Crippen LogP contribution in [0, 0.1) is 17.8 Å². The lowest BCUT2D eigenvalue weighted by atomic mass is 9.76. The van der Waals surface area contributed by atoms with Gasteiger partial charge >= 0.3 is 17.9 Å². The van der Waals surface area contributed by atoms with Crippen LogP contribution in [0.1, 0.15) is 128 Å². The molecule has 0 amide bonds. The Kier molecular flexibility index (Phi) is 11.6.